The number of rotatable bonds is 7. The van der Waals surface area contributed by atoms with Gasteiger partial charge >= 0.3 is 0 Å². The number of benzene rings is 9. The zero-order valence-corrected chi connectivity index (χ0v) is 34.0. The van der Waals surface area contributed by atoms with Crippen molar-refractivity contribution in [2.45, 2.75) is 38.0 Å². The van der Waals surface area contributed by atoms with Crippen molar-refractivity contribution >= 4 is 71.6 Å². The molecule has 1 saturated carbocycles. The fourth-order valence-corrected chi connectivity index (χ4v) is 10.4. The van der Waals surface area contributed by atoms with Gasteiger partial charge in [-0.25, -0.2) is 0 Å². The van der Waals surface area contributed by atoms with Crippen molar-refractivity contribution < 1.29 is 4.42 Å². The Hall–Kier alpha value is -7.36. The zero-order chi connectivity index (χ0) is 40.3. The van der Waals surface area contributed by atoms with Gasteiger partial charge in [-0.2, -0.15) is 0 Å². The van der Waals surface area contributed by atoms with Crippen LogP contribution in [0, 0.1) is 0 Å². The molecule has 0 N–H and O–H groups in total. The standard InChI is InChI=1S/C58H44N2O/c1-3-16-39(17-4-1)46-27-14-18-40-19-15-28-51(58(40)46)47-24-7-10-29-53(47)59(44-23-13-20-41(36-44)42-32-34-50-49-26-9-12-31-56(49)61-57(50)37-42)45-33-35-55-52(38-45)48-25-8-11-30-54(48)60(55)43-21-5-2-6-22-43/h2,5-15,18-39H,1,3-4,16-17H2. The Bertz CT molecular complexity index is 3420. The first-order chi connectivity index (χ1) is 30.3. The van der Waals surface area contributed by atoms with E-state index < -0.39 is 0 Å². The van der Waals surface area contributed by atoms with Gasteiger partial charge in [-0.3, -0.25) is 0 Å². The molecule has 0 spiro atoms. The predicted octanol–water partition coefficient (Wildman–Crippen LogP) is 16.7. The second-order valence-electron chi connectivity index (χ2n) is 16.7. The molecule has 0 saturated heterocycles. The molecule has 11 aromatic rings. The SMILES string of the molecule is c1ccc(-n2c3ccccc3c3cc(N(c4cccc(-c5ccc6c(c5)oc5ccccc56)c4)c4ccccc4-c4cccc5cccc(C6CCCCC6)c45)ccc32)cc1. The molecule has 61 heavy (non-hydrogen) atoms. The molecule has 12 rings (SSSR count). The summed E-state index contributed by atoms with van der Waals surface area (Å²) in [5.41, 5.74) is 14.9. The molecular formula is C58H44N2O. The number of nitrogens with zero attached hydrogens (tertiary/aromatic N) is 2. The molecule has 1 aliphatic rings. The van der Waals surface area contributed by atoms with E-state index in [1.807, 2.05) is 12.1 Å². The van der Waals surface area contributed by atoms with Gasteiger partial charge in [0.1, 0.15) is 11.2 Å². The largest absolute Gasteiger partial charge is 0.456 e. The van der Waals surface area contributed by atoms with Crippen molar-refractivity contribution in [3.05, 3.63) is 206 Å². The predicted molar refractivity (Wildman–Crippen MR) is 257 cm³/mol. The number of furan rings is 1. The van der Waals surface area contributed by atoms with Crippen molar-refractivity contribution in [2.75, 3.05) is 4.90 Å². The van der Waals surface area contributed by atoms with Gasteiger partial charge in [-0.05, 0) is 125 Å². The number of hydrogen-bond donors (Lipinski definition) is 0. The minimum Gasteiger partial charge on any atom is -0.456 e. The first kappa shape index (κ1) is 35.6. The third-order valence-corrected chi connectivity index (χ3v) is 13.2. The number of hydrogen-bond acceptors (Lipinski definition) is 2. The quantitative estimate of drug-likeness (QED) is 0.161. The van der Waals surface area contributed by atoms with Gasteiger partial charge in [-0.1, -0.05) is 147 Å². The Balaban J connectivity index is 1.08. The van der Waals surface area contributed by atoms with E-state index in [0.717, 1.165) is 55.8 Å². The summed E-state index contributed by atoms with van der Waals surface area (Å²) in [6, 6.07) is 73.4. The molecule has 2 heterocycles. The van der Waals surface area contributed by atoms with Gasteiger partial charge in [0.2, 0.25) is 0 Å². The van der Waals surface area contributed by atoms with Crippen LogP contribution in [0.4, 0.5) is 17.1 Å². The van der Waals surface area contributed by atoms with Crippen molar-refractivity contribution in [3.8, 4) is 27.9 Å². The number of anilines is 3. The van der Waals surface area contributed by atoms with Gasteiger partial charge in [0.05, 0.1) is 16.7 Å². The number of aromatic nitrogens is 1. The maximum Gasteiger partial charge on any atom is 0.136 e. The summed E-state index contributed by atoms with van der Waals surface area (Å²) in [6.45, 7) is 0. The van der Waals surface area contributed by atoms with E-state index in [1.54, 1.807) is 0 Å². The molecule has 0 bridgehead atoms. The van der Waals surface area contributed by atoms with Crippen LogP contribution < -0.4 is 4.90 Å². The third-order valence-electron chi connectivity index (χ3n) is 13.2. The smallest absolute Gasteiger partial charge is 0.136 e. The summed E-state index contributed by atoms with van der Waals surface area (Å²) in [5.74, 6) is 0.576. The summed E-state index contributed by atoms with van der Waals surface area (Å²) >= 11 is 0. The Labute approximate surface area is 355 Å². The van der Waals surface area contributed by atoms with E-state index in [4.69, 9.17) is 4.42 Å². The molecule has 0 aliphatic heterocycles. The molecule has 0 amide bonds. The van der Waals surface area contributed by atoms with Crippen molar-refractivity contribution in [2.24, 2.45) is 0 Å². The van der Waals surface area contributed by atoms with Gasteiger partial charge in [-0.15, -0.1) is 0 Å². The van der Waals surface area contributed by atoms with E-state index >= 15 is 0 Å². The van der Waals surface area contributed by atoms with Crippen LogP contribution in [-0.4, -0.2) is 4.57 Å². The van der Waals surface area contributed by atoms with Gasteiger partial charge in [0.25, 0.3) is 0 Å². The lowest BCUT2D eigenvalue weighted by atomic mass is 9.80. The molecule has 0 radical (unpaired) electrons. The number of para-hydroxylation sites is 4. The molecule has 1 aliphatic carbocycles. The molecule has 1 fully saturated rings. The summed E-state index contributed by atoms with van der Waals surface area (Å²) < 4.78 is 8.77. The fourth-order valence-electron chi connectivity index (χ4n) is 10.4. The second-order valence-corrected chi connectivity index (χ2v) is 16.7. The van der Waals surface area contributed by atoms with E-state index in [1.165, 1.54) is 81.4 Å². The molecule has 0 unspecified atom stereocenters. The molecule has 9 aromatic carbocycles. The maximum absolute atomic E-state index is 6.38. The molecular weight excluding hydrogens is 741 g/mol. The highest BCUT2D eigenvalue weighted by Gasteiger charge is 2.24. The van der Waals surface area contributed by atoms with Crippen molar-refractivity contribution in [1.82, 2.24) is 4.57 Å². The summed E-state index contributed by atoms with van der Waals surface area (Å²) in [7, 11) is 0. The molecule has 2 aromatic heterocycles. The van der Waals surface area contributed by atoms with Crippen LogP contribution in [0.5, 0.6) is 0 Å². The van der Waals surface area contributed by atoms with E-state index in [2.05, 4.69) is 198 Å². The van der Waals surface area contributed by atoms with Crippen LogP contribution in [0.1, 0.15) is 43.6 Å². The van der Waals surface area contributed by atoms with Crippen LogP contribution in [0.3, 0.4) is 0 Å². The third kappa shape index (κ3) is 6.03. The normalized spacial score (nSPS) is 13.5. The maximum atomic E-state index is 6.38. The lowest BCUT2D eigenvalue weighted by molar-refractivity contribution is 0.445. The summed E-state index contributed by atoms with van der Waals surface area (Å²) in [6.07, 6.45) is 6.45. The molecule has 3 nitrogen and oxygen atoms in total. The van der Waals surface area contributed by atoms with Crippen LogP contribution >= 0.6 is 0 Å². The highest BCUT2D eigenvalue weighted by molar-refractivity contribution is 6.11. The van der Waals surface area contributed by atoms with Crippen LogP contribution in [0.15, 0.2) is 205 Å². The Morgan fingerprint density at radius 3 is 2.03 bits per heavy atom. The first-order valence-electron chi connectivity index (χ1n) is 21.8. The average molecular weight is 785 g/mol. The highest BCUT2D eigenvalue weighted by Crippen LogP contribution is 2.47. The van der Waals surface area contributed by atoms with E-state index in [-0.39, 0.29) is 0 Å². The molecule has 3 heteroatoms. The Morgan fingerprint density at radius 2 is 1.13 bits per heavy atom. The Kier molecular flexibility index (Phi) is 8.59. The van der Waals surface area contributed by atoms with E-state index in [0.29, 0.717) is 5.92 Å². The number of fused-ring (bicyclic) bond motifs is 7. The average Bonchev–Trinajstić information content (AvgIpc) is 3.87. The highest BCUT2D eigenvalue weighted by atomic mass is 16.3. The van der Waals surface area contributed by atoms with Crippen LogP contribution in [0.25, 0.3) is 82.5 Å². The van der Waals surface area contributed by atoms with Crippen molar-refractivity contribution in [1.29, 1.82) is 0 Å². The monoisotopic (exact) mass is 784 g/mol. The van der Waals surface area contributed by atoms with Gasteiger partial charge < -0.3 is 13.9 Å². The topological polar surface area (TPSA) is 21.3 Å². The lowest BCUT2D eigenvalue weighted by Gasteiger charge is -2.29. The van der Waals surface area contributed by atoms with Crippen molar-refractivity contribution in [3.63, 3.8) is 0 Å². The van der Waals surface area contributed by atoms with Crippen LogP contribution in [-0.2, 0) is 0 Å². The minimum absolute atomic E-state index is 0.576. The second kappa shape index (κ2) is 14.7. The molecule has 292 valence electrons. The minimum atomic E-state index is 0.576. The van der Waals surface area contributed by atoms with E-state index in [9.17, 15) is 0 Å². The van der Waals surface area contributed by atoms with Gasteiger partial charge in [0.15, 0.2) is 0 Å². The first-order valence-corrected chi connectivity index (χ1v) is 21.8. The zero-order valence-electron chi connectivity index (χ0n) is 34.0. The molecule has 0 atom stereocenters. The Morgan fingerprint density at radius 1 is 0.443 bits per heavy atom. The summed E-state index contributed by atoms with van der Waals surface area (Å²) in [4.78, 5) is 2.48. The lowest BCUT2D eigenvalue weighted by Crippen LogP contribution is -2.12. The fraction of sp³-hybridized carbons (Fsp3) is 0.103. The van der Waals surface area contributed by atoms with Gasteiger partial charge in [0, 0.05) is 44.2 Å². The van der Waals surface area contributed by atoms with Crippen LogP contribution in [0.2, 0.25) is 0 Å². The summed E-state index contributed by atoms with van der Waals surface area (Å²) in [5, 5.41) is 7.42.